The number of hydrogen-bond acceptors (Lipinski definition) is 4. The third-order valence-electron chi connectivity index (χ3n) is 4.82. The molecule has 0 heterocycles. The van der Waals surface area contributed by atoms with Gasteiger partial charge in [0.1, 0.15) is 12.6 Å². The van der Waals surface area contributed by atoms with Crippen LogP contribution in [0.2, 0.25) is 20.1 Å². The Balaban J connectivity index is 2.46. The van der Waals surface area contributed by atoms with Crippen molar-refractivity contribution in [2.45, 2.75) is 45.8 Å². The van der Waals surface area contributed by atoms with Crippen molar-refractivity contribution in [1.82, 2.24) is 10.2 Å². The number of nitrogens with one attached hydrogen (secondary N) is 1. The van der Waals surface area contributed by atoms with Gasteiger partial charge in [-0.2, -0.15) is 0 Å². The van der Waals surface area contributed by atoms with Crippen LogP contribution in [0, 0.1) is 0 Å². The molecule has 0 bridgehead atoms. The molecular weight excluding hydrogens is 556 g/mol. The minimum atomic E-state index is -3.91. The molecule has 0 spiro atoms. The second kappa shape index (κ2) is 11.6. The van der Waals surface area contributed by atoms with Gasteiger partial charge in [0.05, 0.1) is 22.0 Å². The van der Waals surface area contributed by atoms with Crippen molar-refractivity contribution in [3.8, 4) is 0 Å². The molecule has 192 valence electrons. The number of carbonyl (C=O) groups is 2. The average Bonchev–Trinajstić information content (AvgIpc) is 2.69. The van der Waals surface area contributed by atoms with Crippen LogP contribution in [0.15, 0.2) is 36.4 Å². The van der Waals surface area contributed by atoms with Crippen LogP contribution < -0.4 is 9.62 Å². The lowest BCUT2D eigenvalue weighted by molar-refractivity contribution is -0.140. The molecule has 2 aromatic rings. The number of sulfonamides is 1. The highest BCUT2D eigenvalue weighted by atomic mass is 35.5. The Kier molecular flexibility index (Phi) is 9.75. The lowest BCUT2D eigenvalue weighted by atomic mass is 10.1. The molecule has 0 saturated heterocycles. The number of hydrogen-bond donors (Lipinski definition) is 1. The van der Waals surface area contributed by atoms with Crippen molar-refractivity contribution < 1.29 is 18.0 Å². The molecule has 35 heavy (non-hydrogen) atoms. The molecule has 2 rings (SSSR count). The lowest BCUT2D eigenvalue weighted by Gasteiger charge is -2.33. The van der Waals surface area contributed by atoms with Gasteiger partial charge in [-0.3, -0.25) is 13.9 Å². The molecule has 0 fully saturated rings. The lowest BCUT2D eigenvalue weighted by Crippen LogP contribution is -2.54. The van der Waals surface area contributed by atoms with Gasteiger partial charge in [0, 0.05) is 22.1 Å². The fourth-order valence-electron chi connectivity index (χ4n) is 3.19. The predicted molar refractivity (Wildman–Crippen MR) is 143 cm³/mol. The first-order chi connectivity index (χ1) is 16.0. The van der Waals surface area contributed by atoms with Crippen molar-refractivity contribution >= 4 is 73.9 Å². The number of nitrogens with zero attached hydrogens (tertiary/aromatic N) is 2. The average molecular weight is 583 g/mol. The van der Waals surface area contributed by atoms with E-state index in [4.69, 9.17) is 46.4 Å². The highest BCUT2D eigenvalue weighted by molar-refractivity contribution is 7.92. The van der Waals surface area contributed by atoms with E-state index in [1.54, 1.807) is 25.1 Å². The summed E-state index contributed by atoms with van der Waals surface area (Å²) in [6, 6.07) is 8.14. The molecule has 7 nitrogen and oxygen atoms in total. The topological polar surface area (TPSA) is 86.8 Å². The molecule has 12 heteroatoms. The molecule has 0 aromatic heterocycles. The Morgan fingerprint density at radius 1 is 0.971 bits per heavy atom. The summed E-state index contributed by atoms with van der Waals surface area (Å²) in [4.78, 5) is 27.7. The van der Waals surface area contributed by atoms with Gasteiger partial charge in [0.2, 0.25) is 21.8 Å². The summed E-state index contributed by atoms with van der Waals surface area (Å²) in [5.74, 6) is -1.02. The molecule has 2 amide bonds. The summed E-state index contributed by atoms with van der Waals surface area (Å²) in [5, 5.41) is 3.89. The molecule has 0 radical (unpaired) electrons. The zero-order valence-corrected chi connectivity index (χ0v) is 23.7. The molecule has 0 saturated carbocycles. The number of amides is 2. The first-order valence-corrected chi connectivity index (χ1v) is 13.8. The van der Waals surface area contributed by atoms with Crippen LogP contribution in [0.5, 0.6) is 0 Å². The summed E-state index contributed by atoms with van der Waals surface area (Å²) in [6.45, 7) is 6.43. The SMILES string of the molecule is CC(C(=O)NC(C)(C)C)N(Cc1ccc(Cl)c(Cl)c1)C(=O)CN(c1cc(Cl)cc(Cl)c1)S(C)(=O)=O. The smallest absolute Gasteiger partial charge is 0.244 e. The Bertz CT molecular complexity index is 1200. The monoisotopic (exact) mass is 581 g/mol. The van der Waals surface area contributed by atoms with Crippen LogP contribution in [-0.4, -0.2) is 49.5 Å². The van der Waals surface area contributed by atoms with Crippen LogP contribution in [0.3, 0.4) is 0 Å². The van der Waals surface area contributed by atoms with E-state index in [9.17, 15) is 18.0 Å². The fraction of sp³-hybridized carbons (Fsp3) is 0.391. The van der Waals surface area contributed by atoms with Crippen molar-refractivity contribution in [3.05, 3.63) is 62.1 Å². The number of carbonyl (C=O) groups excluding carboxylic acids is 2. The Hall–Kier alpha value is -1.71. The maximum absolute atomic E-state index is 13.5. The summed E-state index contributed by atoms with van der Waals surface area (Å²) < 4.78 is 26.1. The van der Waals surface area contributed by atoms with E-state index < -0.39 is 40.0 Å². The molecular formula is C23H27Cl4N3O4S. The second-order valence-electron chi connectivity index (χ2n) is 9.08. The minimum absolute atomic E-state index is 0.0116. The standard InChI is InChI=1S/C23H27Cl4N3O4S/c1-14(22(32)28-23(2,3)4)29(12-15-6-7-19(26)20(27)8-15)21(31)13-30(35(5,33)34)18-10-16(24)9-17(25)11-18/h6-11,14H,12-13H2,1-5H3,(H,28,32). The van der Waals surface area contributed by atoms with Gasteiger partial charge in [-0.1, -0.05) is 52.5 Å². The van der Waals surface area contributed by atoms with Gasteiger partial charge < -0.3 is 10.2 Å². The maximum Gasteiger partial charge on any atom is 0.244 e. The number of rotatable bonds is 8. The van der Waals surface area contributed by atoms with E-state index in [0.717, 1.165) is 10.6 Å². The summed E-state index contributed by atoms with van der Waals surface area (Å²) in [7, 11) is -3.91. The Morgan fingerprint density at radius 2 is 1.54 bits per heavy atom. The quantitative estimate of drug-likeness (QED) is 0.451. The van der Waals surface area contributed by atoms with Crippen molar-refractivity contribution in [1.29, 1.82) is 0 Å². The van der Waals surface area contributed by atoms with E-state index in [-0.39, 0.29) is 27.3 Å². The van der Waals surface area contributed by atoms with E-state index in [1.165, 1.54) is 23.1 Å². The zero-order chi connectivity index (χ0) is 26.7. The summed E-state index contributed by atoms with van der Waals surface area (Å²) >= 11 is 24.2. The fourth-order valence-corrected chi connectivity index (χ4v) is 4.86. The van der Waals surface area contributed by atoms with E-state index in [2.05, 4.69) is 5.32 Å². The van der Waals surface area contributed by atoms with Gasteiger partial charge in [-0.15, -0.1) is 0 Å². The van der Waals surface area contributed by atoms with Gasteiger partial charge >= 0.3 is 0 Å². The highest BCUT2D eigenvalue weighted by Gasteiger charge is 2.31. The largest absolute Gasteiger partial charge is 0.350 e. The number of anilines is 1. The highest BCUT2D eigenvalue weighted by Crippen LogP contribution is 2.28. The van der Waals surface area contributed by atoms with Crippen molar-refractivity contribution in [2.24, 2.45) is 0 Å². The molecule has 0 aliphatic rings. The van der Waals surface area contributed by atoms with E-state index in [0.29, 0.717) is 10.6 Å². The Labute approximate surface area is 226 Å². The van der Waals surface area contributed by atoms with E-state index >= 15 is 0 Å². The van der Waals surface area contributed by atoms with Crippen LogP contribution >= 0.6 is 46.4 Å². The zero-order valence-electron chi connectivity index (χ0n) is 19.9. The van der Waals surface area contributed by atoms with Crippen molar-refractivity contribution in [2.75, 3.05) is 17.1 Å². The Morgan fingerprint density at radius 3 is 2.03 bits per heavy atom. The second-order valence-corrected chi connectivity index (χ2v) is 12.7. The minimum Gasteiger partial charge on any atom is -0.350 e. The number of benzene rings is 2. The molecule has 1 atom stereocenters. The normalized spacial score (nSPS) is 12.7. The third kappa shape index (κ3) is 8.72. The predicted octanol–water partition coefficient (Wildman–Crippen LogP) is 5.40. The van der Waals surface area contributed by atoms with Crippen LogP contribution in [0.4, 0.5) is 5.69 Å². The van der Waals surface area contributed by atoms with Gasteiger partial charge in [-0.25, -0.2) is 8.42 Å². The molecule has 0 aliphatic heterocycles. The summed E-state index contributed by atoms with van der Waals surface area (Å²) in [6.07, 6.45) is 0.966. The van der Waals surface area contributed by atoms with Crippen LogP contribution in [0.1, 0.15) is 33.3 Å². The molecule has 1 N–H and O–H groups in total. The van der Waals surface area contributed by atoms with Gasteiger partial charge in [0.15, 0.2) is 0 Å². The summed E-state index contributed by atoms with van der Waals surface area (Å²) in [5.41, 5.74) is 0.194. The van der Waals surface area contributed by atoms with Gasteiger partial charge in [0.25, 0.3) is 0 Å². The molecule has 2 aromatic carbocycles. The number of halogens is 4. The first-order valence-electron chi connectivity index (χ1n) is 10.5. The van der Waals surface area contributed by atoms with E-state index in [1.807, 2.05) is 20.8 Å². The van der Waals surface area contributed by atoms with Crippen LogP contribution in [-0.2, 0) is 26.2 Å². The third-order valence-corrected chi connectivity index (χ3v) is 7.13. The van der Waals surface area contributed by atoms with Crippen LogP contribution in [0.25, 0.3) is 0 Å². The molecule has 1 unspecified atom stereocenters. The first kappa shape index (κ1) is 29.5. The van der Waals surface area contributed by atoms with Gasteiger partial charge in [-0.05, 0) is 63.6 Å². The maximum atomic E-state index is 13.5. The molecule has 0 aliphatic carbocycles. The van der Waals surface area contributed by atoms with Crippen molar-refractivity contribution in [3.63, 3.8) is 0 Å².